The lowest BCUT2D eigenvalue weighted by Crippen LogP contribution is -2.03. The molecule has 0 saturated carbocycles. The molecule has 0 atom stereocenters. The van der Waals surface area contributed by atoms with Crippen molar-refractivity contribution in [3.05, 3.63) is 78.7 Å². The van der Waals surface area contributed by atoms with Gasteiger partial charge in [0, 0.05) is 24.4 Å². The standard InChI is InChI=1S/C22H29NO2/c1-2-3-4-5-6-7-8-9-10-11-12-13-14-17-22(24)25-20-21-16-15-18-23-19-21/h3-4,6-7,9-10,12-13,15-16,18-19H,2,5,8,11,14,17,20H2,1H3/b4-3-,7-6-,10-9-,13-12-. The van der Waals surface area contributed by atoms with E-state index in [-0.39, 0.29) is 5.97 Å². The molecule has 0 saturated heterocycles. The fourth-order valence-corrected chi connectivity index (χ4v) is 2.02. The fraction of sp³-hybridized carbons (Fsp3) is 0.364. The van der Waals surface area contributed by atoms with Crippen LogP contribution < -0.4 is 0 Å². The first-order valence-corrected chi connectivity index (χ1v) is 8.97. The number of carbonyl (C=O) groups excluding carboxylic acids is 1. The van der Waals surface area contributed by atoms with Gasteiger partial charge in [-0.25, -0.2) is 0 Å². The average molecular weight is 339 g/mol. The molecule has 0 N–H and O–H groups in total. The van der Waals surface area contributed by atoms with E-state index in [4.69, 9.17) is 4.74 Å². The summed E-state index contributed by atoms with van der Waals surface area (Å²) in [6, 6.07) is 3.72. The van der Waals surface area contributed by atoms with Crippen LogP contribution in [0.2, 0.25) is 0 Å². The van der Waals surface area contributed by atoms with Crippen molar-refractivity contribution < 1.29 is 9.53 Å². The molecule has 0 fully saturated rings. The zero-order valence-electron chi connectivity index (χ0n) is 15.1. The Morgan fingerprint density at radius 3 is 2.24 bits per heavy atom. The van der Waals surface area contributed by atoms with Crippen molar-refractivity contribution in [3.8, 4) is 0 Å². The van der Waals surface area contributed by atoms with Crippen molar-refractivity contribution in [1.29, 1.82) is 0 Å². The number of pyridine rings is 1. The highest BCUT2D eigenvalue weighted by atomic mass is 16.5. The minimum absolute atomic E-state index is 0.175. The smallest absolute Gasteiger partial charge is 0.306 e. The molecule has 3 nitrogen and oxygen atoms in total. The maximum Gasteiger partial charge on any atom is 0.306 e. The van der Waals surface area contributed by atoms with Gasteiger partial charge in [-0.15, -0.1) is 0 Å². The number of hydrogen-bond acceptors (Lipinski definition) is 3. The Kier molecular flexibility index (Phi) is 12.5. The summed E-state index contributed by atoms with van der Waals surface area (Å²) in [5.74, 6) is -0.175. The van der Waals surface area contributed by atoms with Crippen molar-refractivity contribution >= 4 is 5.97 Å². The molecule has 0 unspecified atom stereocenters. The maximum absolute atomic E-state index is 11.6. The molecule has 0 aliphatic rings. The van der Waals surface area contributed by atoms with Crippen molar-refractivity contribution in [2.45, 2.75) is 52.1 Å². The lowest BCUT2D eigenvalue weighted by atomic mass is 10.2. The molecule has 1 rings (SSSR count). The van der Waals surface area contributed by atoms with E-state index in [1.807, 2.05) is 18.2 Å². The number of esters is 1. The van der Waals surface area contributed by atoms with Gasteiger partial charge in [-0.2, -0.15) is 0 Å². The SMILES string of the molecule is CC/C=C\C/C=C\C/C=C\C/C=C\CCC(=O)OCc1cccnc1. The van der Waals surface area contributed by atoms with Gasteiger partial charge in [0.05, 0.1) is 0 Å². The minimum atomic E-state index is -0.175. The van der Waals surface area contributed by atoms with Crippen LogP contribution >= 0.6 is 0 Å². The molecule has 0 aromatic carbocycles. The van der Waals surface area contributed by atoms with Crippen molar-refractivity contribution in [2.24, 2.45) is 0 Å². The Balaban J connectivity index is 2.01. The minimum Gasteiger partial charge on any atom is -0.461 e. The Morgan fingerprint density at radius 2 is 1.64 bits per heavy atom. The van der Waals surface area contributed by atoms with Crippen LogP contribution in [0.3, 0.4) is 0 Å². The van der Waals surface area contributed by atoms with E-state index in [2.05, 4.69) is 54.4 Å². The highest BCUT2D eigenvalue weighted by Crippen LogP contribution is 2.02. The quantitative estimate of drug-likeness (QED) is 0.362. The summed E-state index contributed by atoms with van der Waals surface area (Å²) in [6.07, 6.45) is 25.6. The molecule has 0 spiro atoms. The summed E-state index contributed by atoms with van der Waals surface area (Å²) in [5.41, 5.74) is 0.909. The number of aromatic nitrogens is 1. The lowest BCUT2D eigenvalue weighted by molar-refractivity contribution is -0.144. The Hall–Kier alpha value is -2.42. The molecule has 1 aromatic heterocycles. The molecule has 1 aromatic rings. The molecular weight excluding hydrogens is 310 g/mol. The van der Waals surface area contributed by atoms with E-state index >= 15 is 0 Å². The third-order valence-corrected chi connectivity index (χ3v) is 3.36. The lowest BCUT2D eigenvalue weighted by Gasteiger charge is -2.03. The zero-order chi connectivity index (χ0) is 18.0. The monoisotopic (exact) mass is 339 g/mol. The zero-order valence-corrected chi connectivity index (χ0v) is 15.1. The van der Waals surface area contributed by atoms with Crippen LogP contribution in [0, 0.1) is 0 Å². The van der Waals surface area contributed by atoms with E-state index in [0.29, 0.717) is 19.4 Å². The first kappa shape index (κ1) is 20.6. The van der Waals surface area contributed by atoms with Crippen molar-refractivity contribution in [1.82, 2.24) is 4.98 Å². The van der Waals surface area contributed by atoms with Crippen LogP contribution in [0.4, 0.5) is 0 Å². The van der Waals surface area contributed by atoms with Gasteiger partial charge in [0.2, 0.25) is 0 Å². The first-order valence-electron chi connectivity index (χ1n) is 8.97. The number of carbonyl (C=O) groups is 1. The number of nitrogens with zero attached hydrogens (tertiary/aromatic N) is 1. The number of ether oxygens (including phenoxy) is 1. The number of allylic oxidation sites excluding steroid dienone is 8. The molecule has 134 valence electrons. The summed E-state index contributed by atoms with van der Waals surface area (Å²) >= 11 is 0. The Labute approximate surface area is 151 Å². The van der Waals surface area contributed by atoms with Crippen LogP contribution in [0.15, 0.2) is 73.1 Å². The van der Waals surface area contributed by atoms with Gasteiger partial charge in [0.1, 0.15) is 6.61 Å². The molecule has 3 heteroatoms. The molecule has 0 aliphatic heterocycles. The Bertz CT molecular complexity index is 571. The van der Waals surface area contributed by atoms with Gasteiger partial charge >= 0.3 is 5.97 Å². The van der Waals surface area contributed by atoms with Crippen molar-refractivity contribution in [2.75, 3.05) is 0 Å². The van der Waals surface area contributed by atoms with Crippen LogP contribution in [-0.2, 0) is 16.1 Å². The van der Waals surface area contributed by atoms with Gasteiger partial charge in [-0.3, -0.25) is 9.78 Å². The number of rotatable bonds is 12. The molecule has 1 heterocycles. The summed E-state index contributed by atoms with van der Waals surface area (Å²) in [5, 5.41) is 0. The normalized spacial score (nSPS) is 12.0. The van der Waals surface area contributed by atoms with Crippen LogP contribution in [0.5, 0.6) is 0 Å². The maximum atomic E-state index is 11.6. The van der Waals surface area contributed by atoms with Gasteiger partial charge in [-0.05, 0) is 38.2 Å². The molecule has 0 aliphatic carbocycles. The summed E-state index contributed by atoms with van der Waals surface area (Å²) < 4.78 is 5.20. The Morgan fingerprint density at radius 1 is 1.00 bits per heavy atom. The highest BCUT2D eigenvalue weighted by Gasteiger charge is 2.01. The van der Waals surface area contributed by atoms with E-state index in [1.54, 1.807) is 12.4 Å². The van der Waals surface area contributed by atoms with E-state index in [1.165, 1.54) is 0 Å². The second-order valence-corrected chi connectivity index (χ2v) is 5.56. The van der Waals surface area contributed by atoms with Crippen molar-refractivity contribution in [3.63, 3.8) is 0 Å². The van der Waals surface area contributed by atoms with Crippen LogP contribution in [-0.4, -0.2) is 11.0 Å². The second-order valence-electron chi connectivity index (χ2n) is 5.56. The predicted molar refractivity (Wildman–Crippen MR) is 104 cm³/mol. The molecule has 0 radical (unpaired) electrons. The molecule has 0 amide bonds. The van der Waals surface area contributed by atoms with E-state index < -0.39 is 0 Å². The van der Waals surface area contributed by atoms with Gasteiger partial charge in [0.25, 0.3) is 0 Å². The van der Waals surface area contributed by atoms with Gasteiger partial charge in [0.15, 0.2) is 0 Å². The summed E-state index contributed by atoms with van der Waals surface area (Å²) in [4.78, 5) is 15.6. The third-order valence-electron chi connectivity index (χ3n) is 3.36. The third kappa shape index (κ3) is 12.6. The molecular formula is C22H29NO2. The summed E-state index contributed by atoms with van der Waals surface area (Å²) in [7, 11) is 0. The van der Waals surface area contributed by atoms with E-state index in [0.717, 1.165) is 31.2 Å². The topological polar surface area (TPSA) is 39.2 Å². The number of hydrogen-bond donors (Lipinski definition) is 0. The fourth-order valence-electron chi connectivity index (χ4n) is 2.02. The second kappa shape index (κ2) is 15.1. The average Bonchev–Trinajstić information content (AvgIpc) is 2.64. The predicted octanol–water partition coefficient (Wildman–Crippen LogP) is 5.71. The molecule has 0 bridgehead atoms. The van der Waals surface area contributed by atoms with Gasteiger partial charge in [-0.1, -0.05) is 61.6 Å². The van der Waals surface area contributed by atoms with Gasteiger partial charge < -0.3 is 4.74 Å². The molecule has 25 heavy (non-hydrogen) atoms. The van der Waals surface area contributed by atoms with E-state index in [9.17, 15) is 4.79 Å². The first-order chi connectivity index (χ1) is 12.3. The highest BCUT2D eigenvalue weighted by molar-refractivity contribution is 5.69. The van der Waals surface area contributed by atoms with Crippen LogP contribution in [0.25, 0.3) is 0 Å². The van der Waals surface area contributed by atoms with Crippen LogP contribution in [0.1, 0.15) is 51.0 Å². The largest absolute Gasteiger partial charge is 0.461 e. The summed E-state index contributed by atoms with van der Waals surface area (Å²) in [6.45, 7) is 2.43.